The standard InChI is InChI=1S/C16H17BrFN/c1-11(2)19-10-12-7-8-13(18)9-15(12)14-5-3-4-6-16(14)17/h3-9,11,19H,10H2,1-2H3. The van der Waals surface area contributed by atoms with Gasteiger partial charge in [-0.1, -0.05) is 54.0 Å². The Balaban J connectivity index is 2.43. The zero-order chi connectivity index (χ0) is 13.8. The second-order valence-electron chi connectivity index (χ2n) is 4.82. The van der Waals surface area contributed by atoms with E-state index in [1.54, 1.807) is 6.07 Å². The smallest absolute Gasteiger partial charge is 0.123 e. The van der Waals surface area contributed by atoms with E-state index in [9.17, 15) is 4.39 Å². The van der Waals surface area contributed by atoms with Gasteiger partial charge in [-0.3, -0.25) is 0 Å². The SMILES string of the molecule is CC(C)NCc1ccc(F)cc1-c1ccccc1Br. The van der Waals surface area contributed by atoms with Crippen LogP contribution >= 0.6 is 15.9 Å². The molecule has 0 fully saturated rings. The Kier molecular flexibility index (Phi) is 4.72. The lowest BCUT2D eigenvalue weighted by Crippen LogP contribution is -2.22. The third-order valence-electron chi connectivity index (χ3n) is 2.94. The maximum atomic E-state index is 13.5. The van der Waals surface area contributed by atoms with Crippen molar-refractivity contribution >= 4 is 15.9 Å². The van der Waals surface area contributed by atoms with E-state index in [1.165, 1.54) is 6.07 Å². The summed E-state index contributed by atoms with van der Waals surface area (Å²) in [5, 5.41) is 3.37. The van der Waals surface area contributed by atoms with Crippen LogP contribution in [0.5, 0.6) is 0 Å². The average Bonchev–Trinajstić information content (AvgIpc) is 2.37. The van der Waals surface area contributed by atoms with Gasteiger partial charge < -0.3 is 5.32 Å². The van der Waals surface area contributed by atoms with E-state index in [2.05, 4.69) is 35.1 Å². The largest absolute Gasteiger partial charge is 0.310 e. The van der Waals surface area contributed by atoms with Gasteiger partial charge >= 0.3 is 0 Å². The van der Waals surface area contributed by atoms with Crippen LogP contribution in [0.25, 0.3) is 11.1 Å². The predicted molar refractivity (Wildman–Crippen MR) is 81.5 cm³/mol. The quantitative estimate of drug-likeness (QED) is 0.856. The van der Waals surface area contributed by atoms with Crippen molar-refractivity contribution in [1.29, 1.82) is 0 Å². The van der Waals surface area contributed by atoms with Gasteiger partial charge in [-0.25, -0.2) is 4.39 Å². The molecule has 3 heteroatoms. The van der Waals surface area contributed by atoms with Crippen molar-refractivity contribution in [2.45, 2.75) is 26.4 Å². The monoisotopic (exact) mass is 321 g/mol. The molecule has 0 radical (unpaired) electrons. The molecular formula is C16H17BrFN. The Bertz CT molecular complexity index is 566. The lowest BCUT2D eigenvalue weighted by molar-refractivity contribution is 0.587. The number of hydrogen-bond donors (Lipinski definition) is 1. The fourth-order valence-corrected chi connectivity index (χ4v) is 2.45. The summed E-state index contributed by atoms with van der Waals surface area (Å²) in [7, 11) is 0. The second kappa shape index (κ2) is 6.31. The Morgan fingerprint density at radius 2 is 1.84 bits per heavy atom. The van der Waals surface area contributed by atoms with E-state index >= 15 is 0 Å². The fourth-order valence-electron chi connectivity index (χ4n) is 1.95. The van der Waals surface area contributed by atoms with Crippen LogP contribution in [0.15, 0.2) is 46.9 Å². The van der Waals surface area contributed by atoms with Crippen LogP contribution in [0.3, 0.4) is 0 Å². The molecule has 100 valence electrons. The van der Waals surface area contributed by atoms with E-state index in [0.29, 0.717) is 6.04 Å². The minimum atomic E-state index is -0.209. The molecule has 0 aliphatic carbocycles. The van der Waals surface area contributed by atoms with E-state index in [1.807, 2.05) is 30.3 Å². The first-order chi connectivity index (χ1) is 9.08. The first kappa shape index (κ1) is 14.2. The van der Waals surface area contributed by atoms with Gasteiger partial charge in [-0.15, -0.1) is 0 Å². The van der Waals surface area contributed by atoms with Crippen LogP contribution in [0.2, 0.25) is 0 Å². The highest BCUT2D eigenvalue weighted by Crippen LogP contribution is 2.31. The third-order valence-corrected chi connectivity index (χ3v) is 3.63. The van der Waals surface area contributed by atoms with Crippen molar-refractivity contribution < 1.29 is 4.39 Å². The molecule has 0 aromatic heterocycles. The summed E-state index contributed by atoms with van der Waals surface area (Å²) >= 11 is 3.53. The molecule has 19 heavy (non-hydrogen) atoms. The molecule has 2 aromatic rings. The highest BCUT2D eigenvalue weighted by molar-refractivity contribution is 9.10. The first-order valence-electron chi connectivity index (χ1n) is 6.34. The summed E-state index contributed by atoms with van der Waals surface area (Å²) in [4.78, 5) is 0. The Hall–Kier alpha value is -1.19. The zero-order valence-electron chi connectivity index (χ0n) is 11.1. The van der Waals surface area contributed by atoms with Gasteiger partial charge in [0.1, 0.15) is 5.82 Å². The molecule has 1 nitrogen and oxygen atoms in total. The zero-order valence-corrected chi connectivity index (χ0v) is 12.7. The Labute approximate surface area is 122 Å². The third kappa shape index (κ3) is 3.64. The summed E-state index contributed by atoms with van der Waals surface area (Å²) < 4.78 is 14.5. The van der Waals surface area contributed by atoms with Gasteiger partial charge in [-0.05, 0) is 34.9 Å². The van der Waals surface area contributed by atoms with Crippen molar-refractivity contribution in [3.63, 3.8) is 0 Å². The molecule has 0 aliphatic rings. The lowest BCUT2D eigenvalue weighted by atomic mass is 9.99. The van der Waals surface area contributed by atoms with Crippen LogP contribution in [-0.4, -0.2) is 6.04 Å². The highest BCUT2D eigenvalue weighted by atomic mass is 79.9. The van der Waals surface area contributed by atoms with Gasteiger partial charge in [-0.2, -0.15) is 0 Å². The van der Waals surface area contributed by atoms with Crippen LogP contribution in [-0.2, 0) is 6.54 Å². The maximum absolute atomic E-state index is 13.5. The summed E-state index contributed by atoms with van der Waals surface area (Å²) in [6.45, 7) is 4.93. The fraction of sp³-hybridized carbons (Fsp3) is 0.250. The summed E-state index contributed by atoms with van der Waals surface area (Å²) in [6.07, 6.45) is 0. The van der Waals surface area contributed by atoms with Gasteiger partial charge in [0.2, 0.25) is 0 Å². The number of benzene rings is 2. The molecule has 0 atom stereocenters. The molecule has 0 spiro atoms. The van der Waals surface area contributed by atoms with E-state index in [0.717, 1.165) is 27.7 Å². The highest BCUT2D eigenvalue weighted by Gasteiger charge is 2.09. The molecule has 0 bridgehead atoms. The van der Waals surface area contributed by atoms with Gasteiger partial charge in [0, 0.05) is 17.1 Å². The van der Waals surface area contributed by atoms with Gasteiger partial charge in [0.15, 0.2) is 0 Å². The number of rotatable bonds is 4. The minimum absolute atomic E-state index is 0.209. The maximum Gasteiger partial charge on any atom is 0.123 e. The molecule has 0 saturated carbocycles. The van der Waals surface area contributed by atoms with Crippen LogP contribution in [0.1, 0.15) is 19.4 Å². The Morgan fingerprint density at radius 1 is 1.11 bits per heavy atom. The molecule has 0 aliphatic heterocycles. The van der Waals surface area contributed by atoms with E-state index < -0.39 is 0 Å². The lowest BCUT2D eigenvalue weighted by Gasteiger charge is -2.14. The molecule has 2 aromatic carbocycles. The van der Waals surface area contributed by atoms with E-state index in [4.69, 9.17) is 0 Å². The first-order valence-corrected chi connectivity index (χ1v) is 7.14. The van der Waals surface area contributed by atoms with Crippen molar-refractivity contribution in [2.75, 3.05) is 0 Å². The van der Waals surface area contributed by atoms with Crippen molar-refractivity contribution in [1.82, 2.24) is 5.32 Å². The molecule has 0 amide bonds. The molecule has 0 saturated heterocycles. The van der Waals surface area contributed by atoms with Gasteiger partial charge in [0.05, 0.1) is 0 Å². The van der Waals surface area contributed by atoms with Crippen molar-refractivity contribution in [2.24, 2.45) is 0 Å². The molecular weight excluding hydrogens is 305 g/mol. The molecule has 2 rings (SSSR count). The predicted octanol–water partition coefficient (Wildman–Crippen LogP) is 4.75. The van der Waals surface area contributed by atoms with Crippen LogP contribution < -0.4 is 5.32 Å². The number of halogens is 2. The molecule has 0 heterocycles. The number of hydrogen-bond acceptors (Lipinski definition) is 1. The second-order valence-corrected chi connectivity index (χ2v) is 5.67. The van der Waals surface area contributed by atoms with Crippen molar-refractivity contribution in [3.05, 3.63) is 58.3 Å². The number of nitrogens with one attached hydrogen (secondary N) is 1. The topological polar surface area (TPSA) is 12.0 Å². The van der Waals surface area contributed by atoms with Gasteiger partial charge in [0.25, 0.3) is 0 Å². The minimum Gasteiger partial charge on any atom is -0.310 e. The van der Waals surface area contributed by atoms with Crippen molar-refractivity contribution in [3.8, 4) is 11.1 Å². The summed E-state index contributed by atoms with van der Waals surface area (Å²) in [5.41, 5.74) is 3.05. The average molecular weight is 322 g/mol. The summed E-state index contributed by atoms with van der Waals surface area (Å²) in [6, 6.07) is 13.2. The van der Waals surface area contributed by atoms with Crippen LogP contribution in [0.4, 0.5) is 4.39 Å². The molecule has 1 N–H and O–H groups in total. The normalized spacial score (nSPS) is 11.0. The van der Waals surface area contributed by atoms with Crippen LogP contribution in [0, 0.1) is 5.82 Å². The van der Waals surface area contributed by atoms with E-state index in [-0.39, 0.29) is 5.82 Å². The summed E-state index contributed by atoms with van der Waals surface area (Å²) in [5.74, 6) is -0.209. The molecule has 0 unspecified atom stereocenters. The Morgan fingerprint density at radius 3 is 2.53 bits per heavy atom.